The van der Waals surface area contributed by atoms with Gasteiger partial charge in [0.2, 0.25) is 0 Å². The minimum atomic E-state index is 1.18. The van der Waals surface area contributed by atoms with E-state index in [1.807, 2.05) is 0 Å². The molecule has 0 spiro atoms. The molecular formula is C22H15N. The van der Waals surface area contributed by atoms with Crippen LogP contribution in [0.3, 0.4) is 0 Å². The highest BCUT2D eigenvalue weighted by Crippen LogP contribution is 2.45. The monoisotopic (exact) mass is 293 g/mol. The summed E-state index contributed by atoms with van der Waals surface area (Å²) in [6.45, 7) is 0. The summed E-state index contributed by atoms with van der Waals surface area (Å²) in [6.07, 6.45) is 0. The quantitative estimate of drug-likeness (QED) is 0.386. The number of benzene rings is 4. The van der Waals surface area contributed by atoms with Gasteiger partial charge in [-0.15, -0.1) is 0 Å². The second kappa shape index (κ2) is 4.72. The maximum atomic E-state index is 3.61. The predicted molar refractivity (Wildman–Crippen MR) is 98.1 cm³/mol. The molecule has 0 saturated carbocycles. The summed E-state index contributed by atoms with van der Waals surface area (Å²) in [4.78, 5) is 0. The Morgan fingerprint density at radius 1 is 0.522 bits per heavy atom. The number of nitrogens with one attached hydrogen (secondary N) is 1. The molecule has 4 aromatic rings. The molecule has 1 aliphatic heterocycles. The van der Waals surface area contributed by atoms with Crippen LogP contribution in [0.1, 0.15) is 0 Å². The van der Waals surface area contributed by atoms with Gasteiger partial charge in [0.25, 0.3) is 0 Å². The van der Waals surface area contributed by atoms with E-state index in [1.165, 1.54) is 44.4 Å². The van der Waals surface area contributed by atoms with Crippen LogP contribution >= 0.6 is 0 Å². The molecule has 23 heavy (non-hydrogen) atoms. The van der Waals surface area contributed by atoms with Crippen molar-refractivity contribution in [1.29, 1.82) is 0 Å². The summed E-state index contributed by atoms with van der Waals surface area (Å²) in [6, 6.07) is 30.2. The maximum absolute atomic E-state index is 3.61. The van der Waals surface area contributed by atoms with Crippen molar-refractivity contribution in [3.63, 3.8) is 0 Å². The van der Waals surface area contributed by atoms with Crippen LogP contribution in [0.15, 0.2) is 84.9 Å². The Morgan fingerprint density at radius 3 is 2.22 bits per heavy atom. The molecule has 4 aromatic carbocycles. The van der Waals surface area contributed by atoms with Gasteiger partial charge in [-0.2, -0.15) is 0 Å². The summed E-state index contributed by atoms with van der Waals surface area (Å²) >= 11 is 0. The van der Waals surface area contributed by atoms with Crippen molar-refractivity contribution >= 4 is 22.1 Å². The molecule has 1 N–H and O–H groups in total. The smallest absolute Gasteiger partial charge is 0.0476 e. The number of para-hydroxylation sites is 1. The average molecular weight is 293 g/mol. The lowest BCUT2D eigenvalue weighted by molar-refractivity contribution is 1.52. The van der Waals surface area contributed by atoms with Gasteiger partial charge in [-0.3, -0.25) is 0 Å². The highest BCUT2D eigenvalue weighted by molar-refractivity contribution is 6.12. The molecule has 1 aliphatic rings. The van der Waals surface area contributed by atoms with E-state index in [0.29, 0.717) is 0 Å². The molecule has 0 radical (unpaired) electrons. The molecule has 0 saturated heterocycles. The summed E-state index contributed by atoms with van der Waals surface area (Å²) in [5.41, 5.74) is 7.45. The normalized spacial score (nSPS) is 11.8. The number of rotatable bonds is 1. The molecule has 5 rings (SSSR count). The van der Waals surface area contributed by atoms with E-state index in [9.17, 15) is 0 Å². The van der Waals surface area contributed by atoms with E-state index < -0.39 is 0 Å². The van der Waals surface area contributed by atoms with Crippen LogP contribution in [0.25, 0.3) is 33.0 Å². The van der Waals surface area contributed by atoms with E-state index in [-0.39, 0.29) is 0 Å². The molecule has 1 heterocycles. The third kappa shape index (κ3) is 1.87. The van der Waals surface area contributed by atoms with Crippen molar-refractivity contribution in [2.75, 3.05) is 5.32 Å². The lowest BCUT2D eigenvalue weighted by atomic mass is 9.90. The third-order valence-corrected chi connectivity index (χ3v) is 4.57. The van der Waals surface area contributed by atoms with E-state index in [2.05, 4.69) is 90.2 Å². The van der Waals surface area contributed by atoms with Gasteiger partial charge in [0, 0.05) is 22.3 Å². The van der Waals surface area contributed by atoms with E-state index >= 15 is 0 Å². The molecule has 1 nitrogen and oxygen atoms in total. The third-order valence-electron chi connectivity index (χ3n) is 4.57. The van der Waals surface area contributed by atoms with Gasteiger partial charge in [-0.25, -0.2) is 0 Å². The predicted octanol–water partition coefficient (Wildman–Crippen LogP) is 6.23. The highest BCUT2D eigenvalue weighted by atomic mass is 14.9. The molecule has 108 valence electrons. The minimum absolute atomic E-state index is 1.18. The standard InChI is InChI=1S/C22H15N/c1-2-7-15(8-3-1)17-13-16-9-6-11-19-18-10-4-5-12-20(18)23-21(14-17)22(16)19/h1-14,23H. The Bertz CT molecular complexity index is 1030. The number of fused-ring (bicyclic) bond motifs is 2. The van der Waals surface area contributed by atoms with Crippen molar-refractivity contribution in [3.8, 4) is 22.3 Å². The van der Waals surface area contributed by atoms with E-state index in [4.69, 9.17) is 0 Å². The molecule has 0 amide bonds. The molecule has 0 unspecified atom stereocenters. The van der Waals surface area contributed by atoms with Crippen molar-refractivity contribution in [2.45, 2.75) is 0 Å². The van der Waals surface area contributed by atoms with Crippen LogP contribution in [0.2, 0.25) is 0 Å². The van der Waals surface area contributed by atoms with Gasteiger partial charge in [0.05, 0.1) is 0 Å². The van der Waals surface area contributed by atoms with E-state index in [1.54, 1.807) is 0 Å². The average Bonchev–Trinajstić information content (AvgIpc) is 2.62. The molecule has 0 fully saturated rings. The van der Waals surface area contributed by atoms with Gasteiger partial charge in [0.15, 0.2) is 0 Å². The van der Waals surface area contributed by atoms with Crippen LogP contribution < -0.4 is 5.32 Å². The number of anilines is 2. The molecule has 0 atom stereocenters. The van der Waals surface area contributed by atoms with Crippen molar-refractivity contribution < 1.29 is 0 Å². The Hall–Kier alpha value is -3.06. The topological polar surface area (TPSA) is 12.0 Å². The Labute approximate surface area is 135 Å². The van der Waals surface area contributed by atoms with Crippen LogP contribution in [0.4, 0.5) is 11.4 Å². The van der Waals surface area contributed by atoms with Gasteiger partial charge < -0.3 is 5.32 Å². The second-order valence-electron chi connectivity index (χ2n) is 5.96. The second-order valence-corrected chi connectivity index (χ2v) is 5.96. The van der Waals surface area contributed by atoms with E-state index in [0.717, 1.165) is 0 Å². The summed E-state index contributed by atoms with van der Waals surface area (Å²) in [5.74, 6) is 0. The first-order valence-electron chi connectivity index (χ1n) is 7.89. The zero-order valence-corrected chi connectivity index (χ0v) is 12.6. The fourth-order valence-electron chi connectivity index (χ4n) is 3.52. The lowest BCUT2D eigenvalue weighted by Crippen LogP contribution is -2.01. The Kier molecular flexibility index (Phi) is 2.56. The molecule has 0 aliphatic carbocycles. The number of hydrogen-bond donors (Lipinski definition) is 1. The highest BCUT2D eigenvalue weighted by Gasteiger charge is 2.18. The first kappa shape index (κ1) is 12.5. The fraction of sp³-hybridized carbons (Fsp3) is 0. The van der Waals surface area contributed by atoms with Crippen LogP contribution in [0, 0.1) is 0 Å². The van der Waals surface area contributed by atoms with Crippen molar-refractivity contribution in [2.24, 2.45) is 0 Å². The summed E-state index contributed by atoms with van der Waals surface area (Å²) < 4.78 is 0. The molecule has 0 bridgehead atoms. The van der Waals surface area contributed by atoms with Gasteiger partial charge >= 0.3 is 0 Å². The zero-order chi connectivity index (χ0) is 15.2. The fourth-order valence-corrected chi connectivity index (χ4v) is 3.52. The first-order chi connectivity index (χ1) is 11.4. The molecule has 0 aromatic heterocycles. The maximum Gasteiger partial charge on any atom is 0.0476 e. The van der Waals surface area contributed by atoms with Crippen LogP contribution in [-0.4, -0.2) is 0 Å². The largest absolute Gasteiger partial charge is 0.354 e. The van der Waals surface area contributed by atoms with Crippen LogP contribution in [-0.2, 0) is 0 Å². The lowest BCUT2D eigenvalue weighted by Gasteiger charge is -2.23. The van der Waals surface area contributed by atoms with Gasteiger partial charge in [-0.05, 0) is 40.3 Å². The molecular weight excluding hydrogens is 278 g/mol. The first-order valence-corrected chi connectivity index (χ1v) is 7.89. The Morgan fingerprint density at radius 2 is 1.30 bits per heavy atom. The summed E-state index contributed by atoms with van der Waals surface area (Å²) in [7, 11) is 0. The summed E-state index contributed by atoms with van der Waals surface area (Å²) in [5, 5.41) is 6.20. The SMILES string of the molecule is c1ccc(-c2cc3c4c(cccc4c2)-c2ccccc2N3)cc1. The van der Waals surface area contributed by atoms with Gasteiger partial charge in [0.1, 0.15) is 0 Å². The zero-order valence-electron chi connectivity index (χ0n) is 12.6. The Balaban J connectivity index is 1.84. The van der Waals surface area contributed by atoms with Gasteiger partial charge in [-0.1, -0.05) is 66.7 Å². The van der Waals surface area contributed by atoms with Crippen molar-refractivity contribution in [1.82, 2.24) is 0 Å². The number of hydrogen-bond acceptors (Lipinski definition) is 1. The minimum Gasteiger partial charge on any atom is -0.354 e. The molecule has 1 heteroatoms. The van der Waals surface area contributed by atoms with Crippen molar-refractivity contribution in [3.05, 3.63) is 84.9 Å². The van der Waals surface area contributed by atoms with Crippen LogP contribution in [0.5, 0.6) is 0 Å².